The van der Waals surface area contributed by atoms with Crippen LogP contribution in [0.3, 0.4) is 0 Å². The van der Waals surface area contributed by atoms with Crippen LogP contribution in [0.2, 0.25) is 0 Å². The number of fused-ring (bicyclic) bond motifs is 1. The highest BCUT2D eigenvalue weighted by atomic mass is 16.5. The summed E-state index contributed by atoms with van der Waals surface area (Å²) in [5, 5.41) is 11.5. The van der Waals surface area contributed by atoms with Crippen LogP contribution in [0.4, 0.5) is 5.69 Å². The molecular weight excluding hydrogens is 248 g/mol. The van der Waals surface area contributed by atoms with E-state index in [1.54, 1.807) is 32.0 Å². The molecule has 6 heteroatoms. The summed E-state index contributed by atoms with van der Waals surface area (Å²) in [5.41, 5.74) is 5.88. The van der Waals surface area contributed by atoms with Crippen LogP contribution in [-0.2, 0) is 16.0 Å². The molecule has 0 radical (unpaired) electrons. The van der Waals surface area contributed by atoms with Gasteiger partial charge in [-0.1, -0.05) is 6.07 Å². The van der Waals surface area contributed by atoms with Gasteiger partial charge in [0.05, 0.1) is 5.69 Å². The molecule has 0 spiro atoms. The average Bonchev–Trinajstić information content (AvgIpc) is 2.30. The molecule has 0 aliphatic carbocycles. The molecule has 1 aliphatic heterocycles. The number of nitrogens with one attached hydrogen (secondary N) is 1. The minimum Gasteiger partial charge on any atom is -0.480 e. The fourth-order valence-electron chi connectivity index (χ4n) is 1.82. The molecule has 4 N–H and O–H groups in total. The summed E-state index contributed by atoms with van der Waals surface area (Å²) in [6.45, 7) is 3.34. The van der Waals surface area contributed by atoms with Crippen molar-refractivity contribution in [2.24, 2.45) is 5.73 Å². The molecule has 0 saturated carbocycles. The van der Waals surface area contributed by atoms with E-state index in [0.29, 0.717) is 11.4 Å². The molecular formula is C13H16N2O4. The number of hydrogen-bond donors (Lipinski definition) is 3. The molecule has 1 aliphatic rings. The Labute approximate surface area is 110 Å². The molecule has 19 heavy (non-hydrogen) atoms. The van der Waals surface area contributed by atoms with Crippen molar-refractivity contribution in [3.05, 3.63) is 23.8 Å². The molecule has 6 nitrogen and oxygen atoms in total. The number of aliphatic carboxylic acids is 1. The first-order valence-corrected chi connectivity index (χ1v) is 5.91. The third-order valence-electron chi connectivity index (χ3n) is 2.98. The van der Waals surface area contributed by atoms with Crippen LogP contribution in [0.25, 0.3) is 0 Å². The van der Waals surface area contributed by atoms with Crippen LogP contribution >= 0.6 is 0 Å². The van der Waals surface area contributed by atoms with Crippen LogP contribution in [0.15, 0.2) is 18.2 Å². The Morgan fingerprint density at radius 2 is 2.21 bits per heavy atom. The smallest absolute Gasteiger partial charge is 0.320 e. The molecule has 0 bridgehead atoms. The normalized spacial score (nSPS) is 17.9. The molecule has 1 heterocycles. The van der Waals surface area contributed by atoms with Crippen molar-refractivity contribution >= 4 is 17.6 Å². The zero-order valence-corrected chi connectivity index (χ0v) is 10.8. The van der Waals surface area contributed by atoms with Gasteiger partial charge < -0.3 is 20.9 Å². The maximum absolute atomic E-state index is 11.7. The molecule has 1 unspecified atom stereocenters. The second-order valence-corrected chi connectivity index (χ2v) is 5.05. The first kappa shape index (κ1) is 13.4. The van der Waals surface area contributed by atoms with Gasteiger partial charge in [0.25, 0.3) is 5.91 Å². The van der Waals surface area contributed by atoms with Crippen molar-refractivity contribution < 1.29 is 19.4 Å². The number of carboxylic acids is 1. The van der Waals surface area contributed by atoms with Crippen LogP contribution in [0, 0.1) is 0 Å². The Morgan fingerprint density at radius 3 is 2.84 bits per heavy atom. The number of benzene rings is 1. The lowest BCUT2D eigenvalue weighted by Gasteiger charge is -2.31. The summed E-state index contributed by atoms with van der Waals surface area (Å²) in [6, 6.07) is 4.17. The first-order chi connectivity index (χ1) is 8.79. The van der Waals surface area contributed by atoms with Crippen LogP contribution in [0.1, 0.15) is 19.4 Å². The second kappa shape index (κ2) is 4.55. The van der Waals surface area contributed by atoms with Crippen LogP contribution < -0.4 is 15.8 Å². The second-order valence-electron chi connectivity index (χ2n) is 5.05. The Bertz CT molecular complexity index is 539. The maximum atomic E-state index is 11.7. The number of carbonyl (C=O) groups is 2. The van der Waals surface area contributed by atoms with Gasteiger partial charge >= 0.3 is 5.97 Å². The highest BCUT2D eigenvalue weighted by Crippen LogP contribution is 2.34. The third-order valence-corrected chi connectivity index (χ3v) is 2.98. The van der Waals surface area contributed by atoms with Crippen molar-refractivity contribution in [1.29, 1.82) is 0 Å². The van der Waals surface area contributed by atoms with E-state index in [1.807, 2.05) is 0 Å². The van der Waals surface area contributed by atoms with Gasteiger partial charge in [-0.15, -0.1) is 0 Å². The summed E-state index contributed by atoms with van der Waals surface area (Å²) in [5.74, 6) is -0.734. The molecule has 1 aromatic rings. The van der Waals surface area contributed by atoms with Crippen molar-refractivity contribution in [2.45, 2.75) is 31.9 Å². The predicted molar refractivity (Wildman–Crippen MR) is 69.1 cm³/mol. The van der Waals surface area contributed by atoms with E-state index in [2.05, 4.69) is 5.32 Å². The summed E-state index contributed by atoms with van der Waals surface area (Å²) in [7, 11) is 0. The fraction of sp³-hybridized carbons (Fsp3) is 0.385. The standard InChI is InChI=1S/C13H16N2O4/c1-13(2)12(18)15-9-4-3-7(6-10(9)19-13)5-8(14)11(16)17/h3-4,6,8H,5,14H2,1-2H3,(H,15,18)(H,16,17). The van der Waals surface area contributed by atoms with E-state index < -0.39 is 17.6 Å². The number of nitrogens with two attached hydrogens (primary N) is 1. The Balaban J connectivity index is 2.25. The highest BCUT2D eigenvalue weighted by molar-refractivity contribution is 6.00. The molecule has 2 rings (SSSR count). The van der Waals surface area contributed by atoms with E-state index >= 15 is 0 Å². The quantitative estimate of drug-likeness (QED) is 0.747. The topological polar surface area (TPSA) is 102 Å². The molecule has 1 amide bonds. The molecule has 0 saturated heterocycles. The Hall–Kier alpha value is -2.08. The lowest BCUT2D eigenvalue weighted by Crippen LogP contribution is -2.45. The number of carbonyl (C=O) groups excluding carboxylic acids is 1. The zero-order chi connectivity index (χ0) is 14.2. The summed E-state index contributed by atoms with van der Waals surface area (Å²) < 4.78 is 5.61. The summed E-state index contributed by atoms with van der Waals surface area (Å²) in [6.07, 6.45) is 0.209. The lowest BCUT2D eigenvalue weighted by molar-refractivity contribution is -0.138. The monoisotopic (exact) mass is 264 g/mol. The van der Waals surface area contributed by atoms with Gasteiger partial charge in [-0.2, -0.15) is 0 Å². The number of carboxylic acid groups (broad SMARTS) is 1. The van der Waals surface area contributed by atoms with Gasteiger partial charge in [-0.05, 0) is 38.0 Å². The fourth-order valence-corrected chi connectivity index (χ4v) is 1.82. The van der Waals surface area contributed by atoms with Gasteiger partial charge in [0, 0.05) is 0 Å². The van der Waals surface area contributed by atoms with Gasteiger partial charge in [-0.3, -0.25) is 9.59 Å². The predicted octanol–water partition coefficient (Wildman–Crippen LogP) is 0.750. The number of hydrogen-bond acceptors (Lipinski definition) is 4. The number of anilines is 1. The lowest BCUT2D eigenvalue weighted by atomic mass is 10.0. The van der Waals surface area contributed by atoms with E-state index in [9.17, 15) is 9.59 Å². The molecule has 102 valence electrons. The first-order valence-electron chi connectivity index (χ1n) is 5.91. The van der Waals surface area contributed by atoms with E-state index in [0.717, 1.165) is 5.56 Å². The molecule has 1 aromatic carbocycles. The van der Waals surface area contributed by atoms with Crippen molar-refractivity contribution in [3.8, 4) is 5.75 Å². The van der Waals surface area contributed by atoms with Gasteiger partial charge in [0.15, 0.2) is 5.60 Å². The zero-order valence-electron chi connectivity index (χ0n) is 10.8. The Morgan fingerprint density at radius 1 is 1.53 bits per heavy atom. The summed E-state index contributed by atoms with van der Waals surface area (Å²) >= 11 is 0. The van der Waals surface area contributed by atoms with Crippen LogP contribution in [0.5, 0.6) is 5.75 Å². The maximum Gasteiger partial charge on any atom is 0.320 e. The van der Waals surface area contributed by atoms with Crippen molar-refractivity contribution in [2.75, 3.05) is 5.32 Å². The van der Waals surface area contributed by atoms with E-state index in [1.165, 1.54) is 0 Å². The Kier molecular flexibility index (Phi) is 3.20. The number of rotatable bonds is 3. The van der Waals surface area contributed by atoms with Gasteiger partial charge in [0.2, 0.25) is 0 Å². The van der Waals surface area contributed by atoms with Gasteiger partial charge in [0.1, 0.15) is 11.8 Å². The third kappa shape index (κ3) is 2.68. The minimum atomic E-state index is -1.05. The van der Waals surface area contributed by atoms with Crippen LogP contribution in [-0.4, -0.2) is 28.6 Å². The van der Waals surface area contributed by atoms with Crippen molar-refractivity contribution in [1.82, 2.24) is 0 Å². The average molecular weight is 264 g/mol. The minimum absolute atomic E-state index is 0.209. The van der Waals surface area contributed by atoms with E-state index in [-0.39, 0.29) is 12.3 Å². The van der Waals surface area contributed by atoms with Crippen molar-refractivity contribution in [3.63, 3.8) is 0 Å². The molecule has 1 atom stereocenters. The summed E-state index contributed by atoms with van der Waals surface area (Å²) in [4.78, 5) is 22.4. The molecule has 0 aromatic heterocycles. The largest absolute Gasteiger partial charge is 0.480 e. The highest BCUT2D eigenvalue weighted by Gasteiger charge is 2.35. The van der Waals surface area contributed by atoms with E-state index in [4.69, 9.17) is 15.6 Å². The SMILES string of the molecule is CC1(C)Oc2cc(CC(N)C(=O)O)ccc2NC1=O. The van der Waals surface area contributed by atoms with Gasteiger partial charge in [-0.25, -0.2) is 0 Å². The number of ether oxygens (including phenoxy) is 1. The molecule has 0 fully saturated rings. The number of amides is 1.